The molecule has 0 atom stereocenters. The lowest BCUT2D eigenvalue weighted by atomic mass is 10.1. The summed E-state index contributed by atoms with van der Waals surface area (Å²) in [6.45, 7) is 6.49. The first-order valence-electron chi connectivity index (χ1n) is 9.48. The maximum absolute atomic E-state index is 13.1. The van der Waals surface area contributed by atoms with Crippen LogP contribution in [0.5, 0.6) is 0 Å². The molecule has 144 valence electrons. The van der Waals surface area contributed by atoms with Gasteiger partial charge in [0, 0.05) is 41.8 Å². The molecule has 2 heterocycles. The molecule has 0 N–H and O–H groups in total. The summed E-state index contributed by atoms with van der Waals surface area (Å²) in [6.07, 6.45) is 1.71. The van der Waals surface area contributed by atoms with E-state index >= 15 is 0 Å². The van der Waals surface area contributed by atoms with Gasteiger partial charge in [-0.1, -0.05) is 47.1 Å². The van der Waals surface area contributed by atoms with E-state index in [9.17, 15) is 4.79 Å². The Morgan fingerprint density at radius 2 is 1.79 bits per heavy atom. The number of likely N-dealkylation sites (N-methyl/N-ethyl adjacent to an activating group) is 1. The van der Waals surface area contributed by atoms with Crippen LogP contribution >= 0.6 is 15.9 Å². The predicted octanol–water partition coefficient (Wildman–Crippen LogP) is 4.55. The minimum atomic E-state index is 0.0368. The summed E-state index contributed by atoms with van der Waals surface area (Å²) in [7, 11) is 0. The van der Waals surface area contributed by atoms with Gasteiger partial charge in [0.1, 0.15) is 0 Å². The first-order valence-corrected chi connectivity index (χ1v) is 10.3. The van der Waals surface area contributed by atoms with E-state index in [1.54, 1.807) is 6.20 Å². The van der Waals surface area contributed by atoms with E-state index in [0.29, 0.717) is 17.2 Å². The highest BCUT2D eigenvalue weighted by Crippen LogP contribution is 2.29. The summed E-state index contributed by atoms with van der Waals surface area (Å²) >= 11 is 3.44. The number of hydrogen-bond acceptors (Lipinski definition) is 4. The molecule has 0 radical (unpaired) electrons. The summed E-state index contributed by atoms with van der Waals surface area (Å²) in [4.78, 5) is 21.9. The molecule has 0 unspecified atom stereocenters. The van der Waals surface area contributed by atoms with E-state index < -0.39 is 0 Å². The second-order valence-electron chi connectivity index (χ2n) is 6.81. The third kappa shape index (κ3) is 3.88. The van der Waals surface area contributed by atoms with Gasteiger partial charge in [-0.2, -0.15) is 0 Å². The standard InChI is InChI=1S/C22H22BrN3O2/c1-2-25-11-13-26(14-12-25)22(27)19-6-4-3-5-18(19)21-24-15-20(28-21)16-7-9-17(23)10-8-16/h3-10,15H,2,11-14H2,1H3. The van der Waals surface area contributed by atoms with E-state index in [2.05, 4.69) is 32.7 Å². The van der Waals surface area contributed by atoms with Gasteiger partial charge in [-0.05, 0) is 30.8 Å². The second-order valence-corrected chi connectivity index (χ2v) is 7.72. The van der Waals surface area contributed by atoms with Crippen molar-refractivity contribution in [1.29, 1.82) is 0 Å². The van der Waals surface area contributed by atoms with Gasteiger partial charge in [-0.15, -0.1) is 0 Å². The number of hydrogen-bond donors (Lipinski definition) is 0. The smallest absolute Gasteiger partial charge is 0.254 e. The molecule has 4 rings (SSSR count). The van der Waals surface area contributed by atoms with E-state index in [1.165, 1.54) is 0 Å². The molecule has 28 heavy (non-hydrogen) atoms. The predicted molar refractivity (Wildman–Crippen MR) is 113 cm³/mol. The maximum atomic E-state index is 13.1. The number of carbonyl (C=O) groups is 1. The van der Waals surface area contributed by atoms with Crippen molar-refractivity contribution in [2.24, 2.45) is 0 Å². The van der Waals surface area contributed by atoms with Crippen LogP contribution in [0.15, 0.2) is 63.6 Å². The first kappa shape index (κ1) is 18.9. The van der Waals surface area contributed by atoms with Crippen LogP contribution in [0.3, 0.4) is 0 Å². The Bertz CT molecular complexity index is 960. The van der Waals surface area contributed by atoms with Gasteiger partial charge in [0.2, 0.25) is 5.89 Å². The molecule has 3 aromatic rings. The average Bonchev–Trinajstić information content (AvgIpc) is 3.24. The molecular formula is C22H22BrN3O2. The topological polar surface area (TPSA) is 49.6 Å². The van der Waals surface area contributed by atoms with Crippen LogP contribution in [0.1, 0.15) is 17.3 Å². The zero-order chi connectivity index (χ0) is 19.5. The Labute approximate surface area is 173 Å². The Hall–Kier alpha value is -2.44. The summed E-state index contributed by atoms with van der Waals surface area (Å²) in [5.41, 5.74) is 2.31. The fraction of sp³-hybridized carbons (Fsp3) is 0.273. The Kier molecular flexibility index (Phi) is 5.59. The quantitative estimate of drug-likeness (QED) is 0.598. The molecule has 6 heteroatoms. The third-order valence-electron chi connectivity index (χ3n) is 5.13. The highest BCUT2D eigenvalue weighted by molar-refractivity contribution is 9.10. The van der Waals surface area contributed by atoms with Gasteiger partial charge in [-0.3, -0.25) is 4.79 Å². The Morgan fingerprint density at radius 3 is 2.50 bits per heavy atom. The summed E-state index contributed by atoms with van der Waals surface area (Å²) < 4.78 is 7.01. The van der Waals surface area contributed by atoms with Gasteiger partial charge in [0.25, 0.3) is 5.91 Å². The third-order valence-corrected chi connectivity index (χ3v) is 5.66. The van der Waals surface area contributed by atoms with Crippen LogP contribution in [-0.2, 0) is 0 Å². The van der Waals surface area contributed by atoms with Gasteiger partial charge in [0.05, 0.1) is 11.8 Å². The minimum Gasteiger partial charge on any atom is -0.436 e. The van der Waals surface area contributed by atoms with E-state index in [-0.39, 0.29) is 5.91 Å². The fourth-order valence-corrected chi connectivity index (χ4v) is 3.70. The number of oxazole rings is 1. The van der Waals surface area contributed by atoms with E-state index in [4.69, 9.17) is 4.42 Å². The van der Waals surface area contributed by atoms with Crippen LogP contribution < -0.4 is 0 Å². The summed E-state index contributed by atoms with van der Waals surface area (Å²) in [5, 5.41) is 0. The Balaban J connectivity index is 1.60. The zero-order valence-electron chi connectivity index (χ0n) is 15.8. The Morgan fingerprint density at radius 1 is 1.07 bits per heavy atom. The van der Waals surface area contributed by atoms with Crippen LogP contribution in [0.2, 0.25) is 0 Å². The van der Waals surface area contributed by atoms with Gasteiger partial charge in [0.15, 0.2) is 5.76 Å². The molecule has 1 fully saturated rings. The van der Waals surface area contributed by atoms with E-state index in [1.807, 2.05) is 53.4 Å². The molecule has 1 amide bonds. The second kappa shape index (κ2) is 8.29. The molecule has 1 saturated heterocycles. The highest BCUT2D eigenvalue weighted by atomic mass is 79.9. The SMILES string of the molecule is CCN1CCN(C(=O)c2ccccc2-c2ncc(-c3ccc(Br)cc3)o2)CC1. The van der Waals surface area contributed by atoms with Crippen molar-refractivity contribution >= 4 is 21.8 Å². The molecule has 0 bridgehead atoms. The number of nitrogens with zero attached hydrogens (tertiary/aromatic N) is 3. The zero-order valence-corrected chi connectivity index (χ0v) is 17.4. The van der Waals surface area contributed by atoms with Crippen molar-refractivity contribution in [1.82, 2.24) is 14.8 Å². The van der Waals surface area contributed by atoms with Gasteiger partial charge < -0.3 is 14.2 Å². The molecule has 0 saturated carbocycles. The maximum Gasteiger partial charge on any atom is 0.254 e. The van der Waals surface area contributed by atoms with Crippen molar-refractivity contribution in [2.45, 2.75) is 6.92 Å². The minimum absolute atomic E-state index is 0.0368. The van der Waals surface area contributed by atoms with Crippen molar-refractivity contribution in [2.75, 3.05) is 32.7 Å². The highest BCUT2D eigenvalue weighted by Gasteiger charge is 2.24. The molecule has 0 spiro atoms. The van der Waals surface area contributed by atoms with Crippen molar-refractivity contribution in [3.05, 3.63) is 64.8 Å². The molecule has 1 aromatic heterocycles. The summed E-state index contributed by atoms with van der Waals surface area (Å²) in [5.74, 6) is 1.19. The largest absolute Gasteiger partial charge is 0.436 e. The number of aromatic nitrogens is 1. The van der Waals surface area contributed by atoms with E-state index in [0.717, 1.165) is 48.3 Å². The van der Waals surface area contributed by atoms with Gasteiger partial charge in [-0.25, -0.2) is 4.98 Å². The summed E-state index contributed by atoms with van der Waals surface area (Å²) in [6, 6.07) is 15.4. The van der Waals surface area contributed by atoms with Crippen LogP contribution in [0.4, 0.5) is 0 Å². The normalized spacial score (nSPS) is 15.0. The molecule has 1 aliphatic heterocycles. The number of carbonyl (C=O) groups excluding carboxylic acids is 1. The number of amides is 1. The lowest BCUT2D eigenvalue weighted by molar-refractivity contribution is 0.0644. The van der Waals surface area contributed by atoms with Crippen molar-refractivity contribution in [3.63, 3.8) is 0 Å². The lowest BCUT2D eigenvalue weighted by Crippen LogP contribution is -2.48. The average molecular weight is 440 g/mol. The number of benzene rings is 2. The molecule has 1 aliphatic rings. The fourth-order valence-electron chi connectivity index (χ4n) is 3.44. The van der Waals surface area contributed by atoms with Crippen LogP contribution in [-0.4, -0.2) is 53.4 Å². The molecule has 0 aliphatic carbocycles. The van der Waals surface area contributed by atoms with Gasteiger partial charge >= 0.3 is 0 Å². The van der Waals surface area contributed by atoms with Crippen molar-refractivity contribution in [3.8, 4) is 22.8 Å². The molecule has 5 nitrogen and oxygen atoms in total. The van der Waals surface area contributed by atoms with Crippen LogP contribution in [0, 0.1) is 0 Å². The number of halogens is 1. The number of piperazine rings is 1. The molecular weight excluding hydrogens is 418 g/mol. The first-order chi connectivity index (χ1) is 13.7. The van der Waals surface area contributed by atoms with Crippen LogP contribution in [0.25, 0.3) is 22.8 Å². The lowest BCUT2D eigenvalue weighted by Gasteiger charge is -2.34. The molecule has 2 aromatic carbocycles. The van der Waals surface area contributed by atoms with Crippen molar-refractivity contribution < 1.29 is 9.21 Å². The monoisotopic (exact) mass is 439 g/mol. The number of rotatable bonds is 4.